The van der Waals surface area contributed by atoms with E-state index in [1.165, 1.54) is 11.8 Å². The summed E-state index contributed by atoms with van der Waals surface area (Å²) in [5, 5.41) is 7.58. The van der Waals surface area contributed by atoms with Crippen molar-refractivity contribution in [2.45, 2.75) is 38.1 Å². The molecule has 2 aromatic heterocycles. The van der Waals surface area contributed by atoms with E-state index < -0.39 is 5.25 Å². The molecule has 2 heterocycles. The molecular formula is C24H25N5O2S. The van der Waals surface area contributed by atoms with Crippen LogP contribution in [-0.4, -0.2) is 32.1 Å². The van der Waals surface area contributed by atoms with Crippen LogP contribution in [0.3, 0.4) is 0 Å². The molecule has 8 heteroatoms. The number of anilines is 1. The minimum atomic E-state index is -0.550. The summed E-state index contributed by atoms with van der Waals surface area (Å²) in [7, 11) is 0. The highest BCUT2D eigenvalue weighted by atomic mass is 32.2. The van der Waals surface area contributed by atoms with Gasteiger partial charge in [0.2, 0.25) is 11.1 Å². The predicted molar refractivity (Wildman–Crippen MR) is 126 cm³/mol. The van der Waals surface area contributed by atoms with Gasteiger partial charge >= 0.3 is 0 Å². The minimum absolute atomic E-state index is 0.177. The zero-order valence-electron chi connectivity index (χ0n) is 18.5. The zero-order valence-corrected chi connectivity index (χ0v) is 19.3. The van der Waals surface area contributed by atoms with Crippen molar-refractivity contribution in [2.75, 3.05) is 11.9 Å². The van der Waals surface area contributed by atoms with Crippen molar-refractivity contribution in [1.29, 1.82) is 0 Å². The molecule has 0 radical (unpaired) electrons. The first-order valence-corrected chi connectivity index (χ1v) is 11.3. The maximum Gasteiger partial charge on any atom is 0.253 e. The molecule has 0 aliphatic carbocycles. The van der Waals surface area contributed by atoms with Crippen LogP contribution in [0.5, 0.6) is 5.75 Å². The second-order valence-corrected chi connectivity index (χ2v) is 8.41. The number of nitrogens with zero attached hydrogens (tertiary/aromatic N) is 4. The van der Waals surface area contributed by atoms with Crippen molar-refractivity contribution in [3.05, 3.63) is 77.1 Å². The minimum Gasteiger partial charge on any atom is -0.492 e. The number of benzene rings is 2. The monoisotopic (exact) mass is 447 g/mol. The van der Waals surface area contributed by atoms with Gasteiger partial charge in [0, 0.05) is 11.4 Å². The molecule has 0 saturated carbocycles. The number of carbonyl (C=O) groups excluding carboxylic acids is 1. The molecule has 164 valence electrons. The van der Waals surface area contributed by atoms with Crippen LogP contribution >= 0.6 is 11.8 Å². The van der Waals surface area contributed by atoms with Crippen molar-refractivity contribution in [3.63, 3.8) is 0 Å². The molecule has 0 bridgehead atoms. The van der Waals surface area contributed by atoms with Crippen LogP contribution < -0.4 is 10.1 Å². The Labute approximate surface area is 191 Å². The molecule has 0 saturated heterocycles. The summed E-state index contributed by atoms with van der Waals surface area (Å²) < 4.78 is 7.39. The van der Waals surface area contributed by atoms with Gasteiger partial charge in [-0.15, -0.1) is 5.10 Å². The van der Waals surface area contributed by atoms with E-state index in [-0.39, 0.29) is 5.91 Å². The fourth-order valence-corrected chi connectivity index (χ4v) is 4.28. The quantitative estimate of drug-likeness (QED) is 0.405. The number of thioether (sulfide) groups is 1. The Morgan fingerprint density at radius 3 is 2.53 bits per heavy atom. The van der Waals surface area contributed by atoms with E-state index in [1.54, 1.807) is 4.52 Å². The lowest BCUT2D eigenvalue weighted by atomic mass is 10.1. The Hall–Kier alpha value is -3.39. The number of fused-ring (bicyclic) bond motifs is 1. The normalized spacial score (nSPS) is 12.0. The molecule has 7 nitrogen and oxygen atoms in total. The van der Waals surface area contributed by atoms with Crippen molar-refractivity contribution >= 4 is 29.1 Å². The number of aryl methyl sites for hydroxylation is 2. The van der Waals surface area contributed by atoms with Crippen molar-refractivity contribution in [1.82, 2.24) is 19.6 Å². The Bertz CT molecular complexity index is 1260. The largest absolute Gasteiger partial charge is 0.492 e. The Kier molecular flexibility index (Phi) is 6.41. The number of aromatic nitrogens is 4. The number of carbonyl (C=O) groups is 1. The van der Waals surface area contributed by atoms with Crippen LogP contribution in [0.15, 0.2) is 59.8 Å². The molecule has 4 rings (SSSR count). The molecule has 32 heavy (non-hydrogen) atoms. The van der Waals surface area contributed by atoms with Crippen LogP contribution in [0.2, 0.25) is 0 Å². The van der Waals surface area contributed by atoms with Crippen molar-refractivity contribution < 1.29 is 9.53 Å². The van der Waals surface area contributed by atoms with Gasteiger partial charge in [0.25, 0.3) is 5.78 Å². The fourth-order valence-electron chi connectivity index (χ4n) is 3.34. The number of para-hydroxylation sites is 2. The van der Waals surface area contributed by atoms with Crippen molar-refractivity contribution in [2.24, 2.45) is 0 Å². The molecular weight excluding hydrogens is 422 g/mol. The van der Waals surface area contributed by atoms with E-state index >= 15 is 0 Å². The highest BCUT2D eigenvalue weighted by molar-refractivity contribution is 8.00. The standard InChI is InChI=1S/C24H25N5O2S/c1-5-31-20-14-10-9-13-19(20)26-22(30)21(18-11-7-6-8-12-18)32-24-27-23-25-16(3)15(2)17(4)29(23)28-24/h6-14,21H,5H2,1-4H3,(H,26,30). The third kappa shape index (κ3) is 4.45. The average Bonchev–Trinajstić information content (AvgIpc) is 3.20. The molecule has 0 fully saturated rings. The van der Waals surface area contributed by atoms with Gasteiger partial charge in [0.1, 0.15) is 11.0 Å². The maximum absolute atomic E-state index is 13.4. The van der Waals surface area contributed by atoms with Gasteiger partial charge in [0.05, 0.1) is 12.3 Å². The summed E-state index contributed by atoms with van der Waals surface area (Å²) in [6.45, 7) is 8.39. The molecule has 4 aromatic rings. The summed E-state index contributed by atoms with van der Waals surface area (Å²) in [5.41, 5.74) is 4.47. The second kappa shape index (κ2) is 9.40. The van der Waals surface area contributed by atoms with Gasteiger partial charge < -0.3 is 10.1 Å². The zero-order chi connectivity index (χ0) is 22.7. The van der Waals surface area contributed by atoms with E-state index in [9.17, 15) is 4.79 Å². The molecule has 0 aliphatic heterocycles. The van der Waals surface area contributed by atoms with Crippen LogP contribution in [-0.2, 0) is 4.79 Å². The van der Waals surface area contributed by atoms with Crippen LogP contribution in [0.4, 0.5) is 5.69 Å². The van der Waals surface area contributed by atoms with Crippen molar-refractivity contribution in [3.8, 4) is 5.75 Å². The summed E-state index contributed by atoms with van der Waals surface area (Å²) in [4.78, 5) is 22.5. The SMILES string of the molecule is CCOc1ccccc1NC(=O)C(Sc1nc2nc(C)c(C)c(C)n2n1)c1ccccc1. The summed E-state index contributed by atoms with van der Waals surface area (Å²) >= 11 is 1.30. The lowest BCUT2D eigenvalue weighted by Gasteiger charge is -2.17. The molecule has 1 N–H and O–H groups in total. The van der Waals surface area contributed by atoms with Gasteiger partial charge in [-0.05, 0) is 51.0 Å². The number of rotatable bonds is 7. The lowest BCUT2D eigenvalue weighted by molar-refractivity contribution is -0.115. The third-order valence-electron chi connectivity index (χ3n) is 5.25. The molecule has 0 aliphatic rings. The molecule has 1 atom stereocenters. The van der Waals surface area contributed by atoms with E-state index in [2.05, 4.69) is 20.4 Å². The Morgan fingerprint density at radius 1 is 1.06 bits per heavy atom. The first-order chi connectivity index (χ1) is 15.5. The van der Waals surface area contributed by atoms with Gasteiger partial charge in [-0.25, -0.2) is 9.50 Å². The highest BCUT2D eigenvalue weighted by Gasteiger charge is 2.25. The number of ether oxygens (including phenoxy) is 1. The molecule has 2 aromatic carbocycles. The third-order valence-corrected chi connectivity index (χ3v) is 6.36. The summed E-state index contributed by atoms with van der Waals surface area (Å²) in [6, 6.07) is 17.0. The second-order valence-electron chi connectivity index (χ2n) is 7.34. The highest BCUT2D eigenvalue weighted by Crippen LogP contribution is 2.36. The van der Waals surface area contributed by atoms with Crippen LogP contribution in [0.25, 0.3) is 5.78 Å². The number of nitrogens with one attached hydrogen (secondary N) is 1. The lowest BCUT2D eigenvalue weighted by Crippen LogP contribution is -2.19. The molecule has 1 amide bonds. The fraction of sp³-hybridized carbons (Fsp3) is 0.250. The molecule has 0 spiro atoms. The Balaban J connectivity index is 1.67. The van der Waals surface area contributed by atoms with E-state index in [1.807, 2.05) is 82.3 Å². The first-order valence-electron chi connectivity index (χ1n) is 10.4. The molecule has 1 unspecified atom stereocenters. The smallest absolute Gasteiger partial charge is 0.253 e. The number of amides is 1. The summed E-state index contributed by atoms with van der Waals surface area (Å²) in [6.07, 6.45) is 0. The van der Waals surface area contributed by atoms with Gasteiger partial charge in [-0.3, -0.25) is 4.79 Å². The van der Waals surface area contributed by atoms with Gasteiger partial charge in [-0.1, -0.05) is 54.2 Å². The predicted octanol–water partition coefficient (Wildman–Crippen LogP) is 4.92. The average molecular weight is 448 g/mol. The van der Waals surface area contributed by atoms with E-state index in [0.29, 0.717) is 29.0 Å². The van der Waals surface area contributed by atoms with Crippen LogP contribution in [0.1, 0.15) is 34.7 Å². The summed E-state index contributed by atoms with van der Waals surface area (Å²) in [5.74, 6) is 0.989. The first kappa shape index (κ1) is 21.8. The Morgan fingerprint density at radius 2 is 1.78 bits per heavy atom. The van der Waals surface area contributed by atoms with Gasteiger partial charge in [0.15, 0.2) is 0 Å². The van der Waals surface area contributed by atoms with E-state index in [0.717, 1.165) is 22.5 Å². The number of hydrogen-bond donors (Lipinski definition) is 1. The number of hydrogen-bond acceptors (Lipinski definition) is 6. The van der Waals surface area contributed by atoms with Crippen LogP contribution in [0, 0.1) is 20.8 Å². The maximum atomic E-state index is 13.4. The topological polar surface area (TPSA) is 81.4 Å². The van der Waals surface area contributed by atoms with Gasteiger partial charge in [-0.2, -0.15) is 4.98 Å². The van der Waals surface area contributed by atoms with E-state index in [4.69, 9.17) is 4.74 Å².